The van der Waals surface area contributed by atoms with E-state index in [2.05, 4.69) is 20.9 Å². The van der Waals surface area contributed by atoms with E-state index in [1.54, 1.807) is 17.1 Å². The van der Waals surface area contributed by atoms with Crippen molar-refractivity contribution in [1.82, 2.24) is 25.6 Å². The topological polar surface area (TPSA) is 109 Å². The van der Waals surface area contributed by atoms with Crippen LogP contribution in [0.15, 0.2) is 12.4 Å². The molecule has 0 radical (unpaired) electrons. The summed E-state index contributed by atoms with van der Waals surface area (Å²) >= 11 is 0. The van der Waals surface area contributed by atoms with Crippen LogP contribution in [0.5, 0.6) is 0 Å². The van der Waals surface area contributed by atoms with Crippen molar-refractivity contribution >= 4 is 12.0 Å². The Bertz CT molecular complexity index is 393. The molecule has 1 aromatic heterocycles. The van der Waals surface area contributed by atoms with Gasteiger partial charge in [0.15, 0.2) is 0 Å². The molecule has 0 saturated carbocycles. The van der Waals surface area contributed by atoms with Crippen molar-refractivity contribution < 1.29 is 14.7 Å². The molecule has 0 bridgehead atoms. The predicted molar refractivity (Wildman–Crippen MR) is 67.5 cm³/mol. The third kappa shape index (κ3) is 7.02. The Hall–Kier alpha value is -2.12. The van der Waals surface area contributed by atoms with Gasteiger partial charge in [0.1, 0.15) is 0 Å². The SMILES string of the molecule is CC(CCC(=O)O)CNC(=O)NCCn1ccnn1. The van der Waals surface area contributed by atoms with Crippen LogP contribution in [0.1, 0.15) is 19.8 Å². The van der Waals surface area contributed by atoms with Crippen molar-refractivity contribution in [2.24, 2.45) is 5.92 Å². The summed E-state index contributed by atoms with van der Waals surface area (Å²) < 4.78 is 1.62. The molecule has 1 aromatic rings. The number of aromatic nitrogens is 3. The second-order valence-corrected chi connectivity index (χ2v) is 4.34. The van der Waals surface area contributed by atoms with Gasteiger partial charge in [0.05, 0.1) is 12.7 Å². The van der Waals surface area contributed by atoms with Crippen LogP contribution in [0.4, 0.5) is 4.79 Å². The first-order valence-corrected chi connectivity index (χ1v) is 6.15. The van der Waals surface area contributed by atoms with E-state index in [1.165, 1.54) is 0 Å². The zero-order valence-corrected chi connectivity index (χ0v) is 10.9. The monoisotopic (exact) mass is 269 g/mol. The number of nitrogens with one attached hydrogen (secondary N) is 2. The molecule has 0 aliphatic rings. The zero-order chi connectivity index (χ0) is 14.1. The third-order valence-electron chi connectivity index (χ3n) is 2.56. The quantitative estimate of drug-likeness (QED) is 0.619. The molecule has 1 unspecified atom stereocenters. The number of hydrogen-bond acceptors (Lipinski definition) is 4. The zero-order valence-electron chi connectivity index (χ0n) is 10.9. The van der Waals surface area contributed by atoms with Crippen LogP contribution in [-0.4, -0.2) is 45.2 Å². The Morgan fingerprint density at radius 3 is 2.84 bits per heavy atom. The van der Waals surface area contributed by atoms with Gasteiger partial charge in [0.25, 0.3) is 0 Å². The molecule has 2 amide bonds. The number of carbonyl (C=O) groups is 2. The minimum Gasteiger partial charge on any atom is -0.481 e. The fourth-order valence-corrected chi connectivity index (χ4v) is 1.44. The summed E-state index contributed by atoms with van der Waals surface area (Å²) in [7, 11) is 0. The number of urea groups is 1. The molecule has 19 heavy (non-hydrogen) atoms. The maximum absolute atomic E-state index is 11.4. The Morgan fingerprint density at radius 2 is 2.21 bits per heavy atom. The van der Waals surface area contributed by atoms with Gasteiger partial charge >= 0.3 is 12.0 Å². The van der Waals surface area contributed by atoms with E-state index in [0.717, 1.165) is 0 Å². The lowest BCUT2D eigenvalue weighted by atomic mass is 10.1. The highest BCUT2D eigenvalue weighted by Gasteiger charge is 2.07. The van der Waals surface area contributed by atoms with Crippen LogP contribution in [-0.2, 0) is 11.3 Å². The summed E-state index contributed by atoms with van der Waals surface area (Å²) in [4.78, 5) is 21.8. The van der Waals surface area contributed by atoms with Crippen molar-refractivity contribution in [2.45, 2.75) is 26.3 Å². The molecule has 0 aliphatic heterocycles. The van der Waals surface area contributed by atoms with Crippen LogP contribution in [0, 0.1) is 5.92 Å². The molecule has 1 rings (SSSR count). The second-order valence-electron chi connectivity index (χ2n) is 4.34. The molecular formula is C11H19N5O3. The molecule has 0 aliphatic carbocycles. The normalized spacial score (nSPS) is 11.8. The first-order valence-electron chi connectivity index (χ1n) is 6.15. The van der Waals surface area contributed by atoms with E-state index in [-0.39, 0.29) is 18.4 Å². The fourth-order valence-electron chi connectivity index (χ4n) is 1.44. The number of nitrogens with zero attached hydrogens (tertiary/aromatic N) is 3. The van der Waals surface area contributed by atoms with Crippen molar-refractivity contribution in [3.63, 3.8) is 0 Å². The van der Waals surface area contributed by atoms with Gasteiger partial charge in [-0.2, -0.15) is 0 Å². The molecule has 1 atom stereocenters. The molecule has 0 spiro atoms. The highest BCUT2D eigenvalue weighted by Crippen LogP contribution is 2.03. The molecule has 0 fully saturated rings. The number of aliphatic carboxylic acids is 1. The largest absolute Gasteiger partial charge is 0.481 e. The van der Waals surface area contributed by atoms with Gasteiger partial charge < -0.3 is 15.7 Å². The predicted octanol–water partition coefficient (Wildman–Crippen LogP) is 0.0782. The van der Waals surface area contributed by atoms with Crippen LogP contribution in [0.3, 0.4) is 0 Å². The minimum absolute atomic E-state index is 0.122. The number of amides is 2. The minimum atomic E-state index is -0.816. The van der Waals surface area contributed by atoms with E-state index in [4.69, 9.17) is 5.11 Å². The van der Waals surface area contributed by atoms with Gasteiger partial charge in [-0.15, -0.1) is 5.10 Å². The molecule has 8 heteroatoms. The summed E-state index contributed by atoms with van der Waals surface area (Å²) in [6.45, 7) is 3.38. The third-order valence-corrected chi connectivity index (χ3v) is 2.56. The number of rotatable bonds is 8. The molecule has 8 nitrogen and oxygen atoms in total. The summed E-state index contributed by atoms with van der Waals surface area (Å²) in [6, 6.07) is -0.262. The lowest BCUT2D eigenvalue weighted by Gasteiger charge is -2.12. The van der Waals surface area contributed by atoms with Gasteiger partial charge in [-0.05, 0) is 12.3 Å². The lowest BCUT2D eigenvalue weighted by molar-refractivity contribution is -0.137. The van der Waals surface area contributed by atoms with Crippen molar-refractivity contribution in [3.8, 4) is 0 Å². The Kier molecular flexibility index (Phi) is 6.34. The van der Waals surface area contributed by atoms with Crippen molar-refractivity contribution in [1.29, 1.82) is 0 Å². The Morgan fingerprint density at radius 1 is 1.42 bits per heavy atom. The van der Waals surface area contributed by atoms with Crippen LogP contribution < -0.4 is 10.6 Å². The smallest absolute Gasteiger partial charge is 0.314 e. The van der Waals surface area contributed by atoms with E-state index in [9.17, 15) is 9.59 Å². The maximum atomic E-state index is 11.4. The van der Waals surface area contributed by atoms with E-state index in [1.807, 2.05) is 6.92 Å². The number of carboxylic acid groups (broad SMARTS) is 1. The van der Waals surface area contributed by atoms with Crippen molar-refractivity contribution in [3.05, 3.63) is 12.4 Å². The van der Waals surface area contributed by atoms with Crippen LogP contribution in [0.25, 0.3) is 0 Å². The molecular weight excluding hydrogens is 250 g/mol. The molecule has 0 aromatic carbocycles. The first-order chi connectivity index (χ1) is 9.08. The Labute approximate surface area is 111 Å². The second kappa shape index (κ2) is 8.06. The van der Waals surface area contributed by atoms with Gasteiger partial charge in [0, 0.05) is 25.7 Å². The van der Waals surface area contributed by atoms with E-state index >= 15 is 0 Å². The van der Waals surface area contributed by atoms with Crippen LogP contribution >= 0.6 is 0 Å². The van der Waals surface area contributed by atoms with Gasteiger partial charge in [-0.3, -0.25) is 9.48 Å². The first kappa shape index (κ1) is 14.9. The summed E-state index contributed by atoms with van der Waals surface area (Å²) in [5.41, 5.74) is 0. The summed E-state index contributed by atoms with van der Waals surface area (Å²) in [6.07, 6.45) is 3.96. The fraction of sp³-hybridized carbons (Fsp3) is 0.636. The standard InChI is InChI=1S/C11H19N5O3/c1-9(2-3-10(17)18)8-13-11(19)12-4-6-16-7-5-14-15-16/h5,7,9H,2-4,6,8H2,1H3,(H,17,18)(H2,12,13,19). The molecule has 0 saturated heterocycles. The number of hydrogen-bond donors (Lipinski definition) is 3. The van der Waals surface area contributed by atoms with Gasteiger partial charge in [0.2, 0.25) is 0 Å². The highest BCUT2D eigenvalue weighted by molar-refractivity contribution is 5.73. The molecule has 1 heterocycles. The lowest BCUT2D eigenvalue weighted by Crippen LogP contribution is -2.39. The van der Waals surface area contributed by atoms with Crippen molar-refractivity contribution in [2.75, 3.05) is 13.1 Å². The number of carbonyl (C=O) groups excluding carboxylic acids is 1. The summed E-state index contributed by atoms with van der Waals surface area (Å²) in [5.74, 6) is -0.679. The van der Waals surface area contributed by atoms with E-state index in [0.29, 0.717) is 26.1 Å². The molecule has 3 N–H and O–H groups in total. The maximum Gasteiger partial charge on any atom is 0.314 e. The van der Waals surface area contributed by atoms with Gasteiger partial charge in [-0.25, -0.2) is 4.79 Å². The Balaban J connectivity index is 2.05. The molecule has 106 valence electrons. The average Bonchev–Trinajstić information content (AvgIpc) is 2.87. The highest BCUT2D eigenvalue weighted by atomic mass is 16.4. The average molecular weight is 269 g/mol. The van der Waals surface area contributed by atoms with E-state index < -0.39 is 5.97 Å². The van der Waals surface area contributed by atoms with Crippen LogP contribution in [0.2, 0.25) is 0 Å². The summed E-state index contributed by atoms with van der Waals surface area (Å²) in [5, 5.41) is 21.3. The number of carboxylic acids is 1. The van der Waals surface area contributed by atoms with Gasteiger partial charge in [-0.1, -0.05) is 12.1 Å².